The minimum Gasteiger partial charge on any atom is -0.258 e. The first kappa shape index (κ1) is 14.5. The van der Waals surface area contributed by atoms with Gasteiger partial charge in [-0.05, 0) is 65.9 Å². The van der Waals surface area contributed by atoms with Crippen LogP contribution in [0.1, 0.15) is 30.7 Å². The van der Waals surface area contributed by atoms with Crippen LogP contribution in [0.3, 0.4) is 0 Å². The Morgan fingerprint density at radius 1 is 1.24 bits per heavy atom. The molecule has 0 N–H and O–H groups in total. The second-order valence-electron chi connectivity index (χ2n) is 5.47. The lowest BCUT2D eigenvalue weighted by Crippen LogP contribution is -2.44. The van der Waals surface area contributed by atoms with E-state index in [2.05, 4.69) is 31.1 Å². The van der Waals surface area contributed by atoms with Crippen molar-refractivity contribution in [3.8, 4) is 0 Å². The van der Waals surface area contributed by atoms with E-state index >= 15 is 0 Å². The molecular formula is C15H14BrF2N3. The molecule has 0 aromatic carbocycles. The monoisotopic (exact) mass is 353 g/mol. The molecule has 0 radical (unpaired) electrons. The first-order chi connectivity index (χ1) is 10.1. The zero-order chi connectivity index (χ0) is 14.9. The van der Waals surface area contributed by atoms with Gasteiger partial charge in [0.15, 0.2) is 0 Å². The van der Waals surface area contributed by atoms with Gasteiger partial charge in [-0.2, -0.15) is 5.10 Å². The summed E-state index contributed by atoms with van der Waals surface area (Å²) in [5, 5.41) is 8.00. The van der Waals surface area contributed by atoms with Crippen molar-refractivity contribution in [2.75, 3.05) is 0 Å². The summed E-state index contributed by atoms with van der Waals surface area (Å²) < 4.78 is 28.1. The Balaban J connectivity index is 1.79. The second-order valence-corrected chi connectivity index (χ2v) is 6.28. The Morgan fingerprint density at radius 2 is 2.05 bits per heavy atom. The van der Waals surface area contributed by atoms with Crippen LogP contribution in [0.4, 0.5) is 8.78 Å². The average Bonchev–Trinajstić information content (AvgIpc) is 2.45. The van der Waals surface area contributed by atoms with Crippen molar-refractivity contribution in [3.05, 3.63) is 52.3 Å². The topological polar surface area (TPSA) is 38.7 Å². The fraction of sp³-hybridized carbons (Fsp3) is 0.400. The largest absolute Gasteiger partial charge is 0.258 e. The lowest BCUT2D eigenvalue weighted by molar-refractivity contribution is 0.0794. The highest BCUT2D eigenvalue weighted by Gasteiger charge is 2.48. The highest BCUT2D eigenvalue weighted by Crippen LogP contribution is 2.48. The van der Waals surface area contributed by atoms with Gasteiger partial charge in [0, 0.05) is 11.6 Å². The Hall–Kier alpha value is -1.43. The molecule has 21 heavy (non-hydrogen) atoms. The van der Waals surface area contributed by atoms with Crippen molar-refractivity contribution in [3.63, 3.8) is 0 Å². The summed E-state index contributed by atoms with van der Waals surface area (Å²) in [7, 11) is 0. The fourth-order valence-corrected chi connectivity index (χ4v) is 3.14. The summed E-state index contributed by atoms with van der Waals surface area (Å²) in [5.74, 6) is -0.355. The van der Waals surface area contributed by atoms with E-state index in [1.54, 1.807) is 12.3 Å². The molecule has 0 spiro atoms. The number of halogens is 3. The van der Waals surface area contributed by atoms with Gasteiger partial charge >= 0.3 is 0 Å². The molecule has 0 bridgehead atoms. The minimum atomic E-state index is -0.873. The molecule has 2 aromatic heterocycles. The van der Waals surface area contributed by atoms with E-state index in [-0.39, 0.29) is 5.82 Å². The standard InChI is InChI=1S/C15H14BrF2N3/c16-13-4-3-11(20-21-13)5-6-15(8-10(17)9-15)14-12(18)2-1-7-19-14/h1-4,7,10H,5-6,8-9H2/t10-,15-. The maximum atomic E-state index is 14.0. The smallest absolute Gasteiger partial charge is 0.145 e. The summed E-state index contributed by atoms with van der Waals surface area (Å²) in [6, 6.07) is 6.62. The number of aromatic nitrogens is 3. The molecule has 0 aliphatic heterocycles. The summed E-state index contributed by atoms with van der Waals surface area (Å²) in [6.07, 6.45) is 2.59. The number of rotatable bonds is 4. The van der Waals surface area contributed by atoms with Gasteiger partial charge in [-0.1, -0.05) is 0 Å². The number of nitrogens with zero attached hydrogens (tertiary/aromatic N) is 3. The minimum absolute atomic E-state index is 0.324. The molecule has 1 saturated carbocycles. The SMILES string of the molecule is Fc1cccnc1[C@]1(CCc2ccc(Br)nn2)C[C@@H](F)C1. The average molecular weight is 354 g/mol. The van der Waals surface area contributed by atoms with Gasteiger partial charge in [-0.15, -0.1) is 5.10 Å². The van der Waals surface area contributed by atoms with Crippen LogP contribution < -0.4 is 0 Å². The summed E-state index contributed by atoms with van der Waals surface area (Å²) >= 11 is 3.23. The van der Waals surface area contributed by atoms with E-state index in [0.29, 0.717) is 36.0 Å². The normalized spacial score (nSPS) is 24.6. The molecule has 0 atom stereocenters. The van der Waals surface area contributed by atoms with Crippen molar-refractivity contribution in [2.24, 2.45) is 0 Å². The van der Waals surface area contributed by atoms with E-state index in [4.69, 9.17) is 0 Å². The van der Waals surface area contributed by atoms with Crippen LogP contribution in [0.15, 0.2) is 35.1 Å². The molecule has 6 heteroatoms. The van der Waals surface area contributed by atoms with Gasteiger partial charge in [0.05, 0.1) is 11.4 Å². The quantitative estimate of drug-likeness (QED) is 0.839. The number of hydrogen-bond acceptors (Lipinski definition) is 3. The van der Waals surface area contributed by atoms with E-state index in [0.717, 1.165) is 5.69 Å². The van der Waals surface area contributed by atoms with E-state index in [1.807, 2.05) is 12.1 Å². The predicted molar refractivity (Wildman–Crippen MR) is 78.1 cm³/mol. The van der Waals surface area contributed by atoms with Crippen LogP contribution in [0.2, 0.25) is 0 Å². The molecule has 3 nitrogen and oxygen atoms in total. The molecule has 3 rings (SSSR count). The predicted octanol–water partition coefficient (Wildman–Crippen LogP) is 3.78. The lowest BCUT2D eigenvalue weighted by Gasteiger charge is -2.44. The zero-order valence-corrected chi connectivity index (χ0v) is 12.9. The first-order valence-electron chi connectivity index (χ1n) is 6.82. The van der Waals surface area contributed by atoms with Crippen LogP contribution in [0.25, 0.3) is 0 Å². The van der Waals surface area contributed by atoms with E-state index in [9.17, 15) is 8.78 Å². The summed E-state index contributed by atoms with van der Waals surface area (Å²) in [5.41, 5.74) is 0.680. The third-order valence-corrected chi connectivity index (χ3v) is 4.46. The van der Waals surface area contributed by atoms with Gasteiger partial charge < -0.3 is 0 Å². The Morgan fingerprint density at radius 3 is 2.67 bits per heavy atom. The van der Waals surface area contributed by atoms with Gasteiger partial charge in [-0.25, -0.2) is 8.78 Å². The molecule has 1 aliphatic rings. The molecule has 0 saturated heterocycles. The molecule has 0 unspecified atom stereocenters. The third kappa shape index (κ3) is 2.95. The number of pyridine rings is 1. The maximum absolute atomic E-state index is 14.0. The van der Waals surface area contributed by atoms with Crippen LogP contribution in [-0.2, 0) is 11.8 Å². The maximum Gasteiger partial charge on any atom is 0.145 e. The first-order valence-corrected chi connectivity index (χ1v) is 7.61. The van der Waals surface area contributed by atoms with Gasteiger partial charge in [-0.3, -0.25) is 4.98 Å². The van der Waals surface area contributed by atoms with Gasteiger partial charge in [0.1, 0.15) is 16.6 Å². The number of alkyl halides is 1. The molecule has 0 amide bonds. The third-order valence-electron chi connectivity index (χ3n) is 4.03. The zero-order valence-electron chi connectivity index (χ0n) is 11.3. The molecule has 2 aromatic rings. The Kier molecular flexibility index (Phi) is 3.97. The number of aryl methyl sites for hydroxylation is 1. The molecular weight excluding hydrogens is 340 g/mol. The van der Waals surface area contributed by atoms with E-state index in [1.165, 1.54) is 6.07 Å². The highest BCUT2D eigenvalue weighted by molar-refractivity contribution is 9.10. The van der Waals surface area contributed by atoms with Crippen molar-refractivity contribution < 1.29 is 8.78 Å². The summed E-state index contributed by atoms with van der Waals surface area (Å²) in [4.78, 5) is 4.15. The highest BCUT2D eigenvalue weighted by atomic mass is 79.9. The van der Waals surface area contributed by atoms with Crippen LogP contribution in [-0.4, -0.2) is 21.4 Å². The van der Waals surface area contributed by atoms with Gasteiger partial charge in [0.2, 0.25) is 0 Å². The van der Waals surface area contributed by atoms with E-state index < -0.39 is 11.6 Å². The summed E-state index contributed by atoms with van der Waals surface area (Å²) in [6.45, 7) is 0. The van der Waals surface area contributed by atoms with Crippen LogP contribution in [0, 0.1) is 5.82 Å². The van der Waals surface area contributed by atoms with Crippen LogP contribution in [0.5, 0.6) is 0 Å². The lowest BCUT2D eigenvalue weighted by atomic mass is 9.62. The van der Waals surface area contributed by atoms with Crippen molar-refractivity contribution in [1.29, 1.82) is 0 Å². The fourth-order valence-electron chi connectivity index (χ4n) is 2.92. The van der Waals surface area contributed by atoms with Crippen molar-refractivity contribution in [1.82, 2.24) is 15.2 Å². The molecule has 1 aliphatic carbocycles. The second kappa shape index (κ2) is 5.75. The van der Waals surface area contributed by atoms with Crippen LogP contribution >= 0.6 is 15.9 Å². The van der Waals surface area contributed by atoms with Crippen molar-refractivity contribution >= 4 is 15.9 Å². The molecule has 1 fully saturated rings. The van der Waals surface area contributed by atoms with Gasteiger partial charge in [0.25, 0.3) is 0 Å². The number of hydrogen-bond donors (Lipinski definition) is 0. The molecule has 2 heterocycles. The Bertz CT molecular complexity index is 627. The van der Waals surface area contributed by atoms with Crippen molar-refractivity contribution in [2.45, 2.75) is 37.3 Å². The Labute approximate surface area is 129 Å². The molecule has 110 valence electrons.